The molecule has 5 nitrogen and oxygen atoms in total. The summed E-state index contributed by atoms with van der Waals surface area (Å²) in [6.45, 7) is 0. The summed E-state index contributed by atoms with van der Waals surface area (Å²) in [5, 5.41) is 0.673. The van der Waals surface area contributed by atoms with Crippen LogP contribution in [0.3, 0.4) is 0 Å². The Morgan fingerprint density at radius 3 is 2.58 bits per heavy atom. The molecule has 0 spiro atoms. The Kier molecular flexibility index (Phi) is 4.91. The quantitative estimate of drug-likeness (QED) is 0.599. The second kappa shape index (κ2) is 6.94. The van der Waals surface area contributed by atoms with Gasteiger partial charge in [-0.25, -0.2) is 4.98 Å². The smallest absolute Gasteiger partial charge is 0.231 e. The van der Waals surface area contributed by atoms with Crippen LogP contribution in [0.25, 0.3) is 10.2 Å². The zero-order chi connectivity index (χ0) is 17.3. The van der Waals surface area contributed by atoms with Crippen LogP contribution in [0.5, 0.6) is 11.5 Å². The first kappa shape index (κ1) is 17.0. The summed E-state index contributed by atoms with van der Waals surface area (Å²) in [6, 6.07) is 11.3. The zero-order valence-electron chi connectivity index (χ0n) is 13.1. The monoisotopic (exact) mass is 454 g/mol. The number of hydrogen-bond acceptors (Lipinski definition) is 5. The number of nitrogens with zero attached hydrogens (tertiary/aromatic N) is 1. The van der Waals surface area contributed by atoms with Gasteiger partial charge in [-0.15, -0.1) is 11.3 Å². The molecule has 0 aliphatic carbocycles. The molecule has 0 saturated heterocycles. The standard InChI is InChI=1S/C17H15IN2O3S/c1-22-12-6-3-9(7-13(12)23-2)15(16(19)21)17-20-11-5-4-10(18)8-14(11)24-17/h3-8,15H,1-2H3,(H2,19,21). The van der Waals surface area contributed by atoms with Gasteiger partial charge in [-0.2, -0.15) is 0 Å². The number of primary amides is 1. The van der Waals surface area contributed by atoms with E-state index in [1.807, 2.05) is 24.3 Å². The molecule has 124 valence electrons. The average molecular weight is 454 g/mol. The minimum absolute atomic E-state index is 0.448. The fourth-order valence-corrected chi connectivity index (χ4v) is 4.35. The van der Waals surface area contributed by atoms with E-state index in [0.29, 0.717) is 16.5 Å². The topological polar surface area (TPSA) is 74.4 Å². The van der Waals surface area contributed by atoms with Crippen molar-refractivity contribution in [3.8, 4) is 11.5 Å². The Balaban J connectivity index is 2.10. The van der Waals surface area contributed by atoms with Gasteiger partial charge in [-0.05, 0) is 58.5 Å². The van der Waals surface area contributed by atoms with Crippen molar-refractivity contribution in [1.82, 2.24) is 4.98 Å². The minimum atomic E-state index is -0.625. The van der Waals surface area contributed by atoms with Crippen LogP contribution in [0.4, 0.5) is 0 Å². The van der Waals surface area contributed by atoms with Crippen molar-refractivity contribution >= 4 is 50.1 Å². The van der Waals surface area contributed by atoms with Crippen LogP contribution in [0.2, 0.25) is 0 Å². The van der Waals surface area contributed by atoms with Gasteiger partial charge in [0.15, 0.2) is 11.5 Å². The Bertz CT molecular complexity index is 910. The van der Waals surface area contributed by atoms with E-state index >= 15 is 0 Å². The number of methoxy groups -OCH3 is 2. The molecule has 3 aromatic rings. The number of rotatable bonds is 5. The number of benzene rings is 2. The molecule has 2 N–H and O–H groups in total. The first-order chi connectivity index (χ1) is 11.5. The minimum Gasteiger partial charge on any atom is -0.493 e. The van der Waals surface area contributed by atoms with Gasteiger partial charge in [-0.3, -0.25) is 4.79 Å². The third kappa shape index (κ3) is 3.18. The first-order valence-corrected chi connectivity index (χ1v) is 9.00. The number of ether oxygens (including phenoxy) is 2. The summed E-state index contributed by atoms with van der Waals surface area (Å²) >= 11 is 3.73. The predicted molar refractivity (Wildman–Crippen MR) is 103 cm³/mol. The summed E-state index contributed by atoms with van der Waals surface area (Å²) < 4.78 is 12.7. The van der Waals surface area contributed by atoms with Gasteiger partial charge in [0.1, 0.15) is 10.9 Å². The second-order valence-corrected chi connectivity index (χ2v) is 7.42. The van der Waals surface area contributed by atoms with Crippen molar-refractivity contribution in [1.29, 1.82) is 0 Å². The van der Waals surface area contributed by atoms with Crippen LogP contribution in [-0.4, -0.2) is 25.1 Å². The maximum absolute atomic E-state index is 12.1. The first-order valence-electron chi connectivity index (χ1n) is 7.10. The van der Waals surface area contributed by atoms with E-state index < -0.39 is 11.8 Å². The van der Waals surface area contributed by atoms with Gasteiger partial charge < -0.3 is 15.2 Å². The van der Waals surface area contributed by atoms with E-state index in [-0.39, 0.29) is 0 Å². The Hall–Kier alpha value is -1.87. The van der Waals surface area contributed by atoms with Gasteiger partial charge in [0.05, 0.1) is 24.4 Å². The summed E-state index contributed by atoms with van der Waals surface area (Å²) in [7, 11) is 3.12. The molecule has 24 heavy (non-hydrogen) atoms. The molecule has 1 unspecified atom stereocenters. The molecule has 0 saturated carbocycles. The summed E-state index contributed by atoms with van der Waals surface area (Å²) in [5.74, 6) is 0.0797. The van der Waals surface area contributed by atoms with Crippen LogP contribution in [0, 0.1) is 3.57 Å². The molecule has 3 rings (SSSR count). The van der Waals surface area contributed by atoms with Gasteiger partial charge >= 0.3 is 0 Å². The predicted octanol–water partition coefficient (Wildman–Crippen LogP) is 3.54. The summed E-state index contributed by atoms with van der Waals surface area (Å²) in [6.07, 6.45) is 0. The normalized spacial score (nSPS) is 12.1. The Morgan fingerprint density at radius 2 is 1.92 bits per heavy atom. The van der Waals surface area contributed by atoms with Crippen molar-refractivity contribution in [2.45, 2.75) is 5.92 Å². The maximum Gasteiger partial charge on any atom is 0.231 e. The van der Waals surface area contributed by atoms with Crippen LogP contribution < -0.4 is 15.2 Å². The summed E-state index contributed by atoms with van der Waals surface area (Å²) in [5.41, 5.74) is 7.26. The number of carbonyl (C=O) groups excluding carboxylic acids is 1. The van der Waals surface area contributed by atoms with E-state index in [1.54, 1.807) is 26.4 Å². The molecule has 1 heterocycles. The largest absolute Gasteiger partial charge is 0.493 e. The SMILES string of the molecule is COc1ccc(C(C(N)=O)c2nc3ccc(I)cc3s2)cc1OC. The highest BCUT2D eigenvalue weighted by Crippen LogP contribution is 2.36. The number of aromatic nitrogens is 1. The number of nitrogens with two attached hydrogens (primary N) is 1. The number of amides is 1. The van der Waals surface area contributed by atoms with Gasteiger partial charge in [0.2, 0.25) is 5.91 Å². The highest BCUT2D eigenvalue weighted by molar-refractivity contribution is 14.1. The number of thiazole rings is 1. The van der Waals surface area contributed by atoms with Crippen molar-refractivity contribution in [2.24, 2.45) is 5.73 Å². The zero-order valence-corrected chi connectivity index (χ0v) is 16.1. The molecule has 0 radical (unpaired) electrons. The molecule has 7 heteroatoms. The molecule has 1 amide bonds. The lowest BCUT2D eigenvalue weighted by Gasteiger charge is -2.14. The third-order valence-electron chi connectivity index (χ3n) is 3.64. The number of carbonyl (C=O) groups is 1. The van der Waals surface area contributed by atoms with E-state index in [4.69, 9.17) is 15.2 Å². The van der Waals surface area contributed by atoms with Crippen molar-refractivity contribution < 1.29 is 14.3 Å². The number of fused-ring (bicyclic) bond motifs is 1. The van der Waals surface area contributed by atoms with Gasteiger partial charge in [0.25, 0.3) is 0 Å². The van der Waals surface area contributed by atoms with E-state index in [0.717, 1.165) is 19.4 Å². The van der Waals surface area contributed by atoms with Crippen LogP contribution in [0.1, 0.15) is 16.5 Å². The molecule has 1 aromatic heterocycles. The van der Waals surface area contributed by atoms with E-state index in [2.05, 4.69) is 27.6 Å². The lowest BCUT2D eigenvalue weighted by molar-refractivity contribution is -0.118. The van der Waals surface area contributed by atoms with E-state index in [1.165, 1.54) is 11.3 Å². The Morgan fingerprint density at radius 1 is 1.17 bits per heavy atom. The molecule has 1 atom stereocenters. The molecular weight excluding hydrogens is 439 g/mol. The number of halogens is 1. The lowest BCUT2D eigenvalue weighted by Crippen LogP contribution is -2.22. The van der Waals surface area contributed by atoms with Crippen LogP contribution in [0.15, 0.2) is 36.4 Å². The second-order valence-electron chi connectivity index (χ2n) is 5.11. The van der Waals surface area contributed by atoms with Gasteiger partial charge in [-0.1, -0.05) is 6.07 Å². The molecular formula is C17H15IN2O3S. The highest BCUT2D eigenvalue weighted by atomic mass is 127. The van der Waals surface area contributed by atoms with Crippen molar-refractivity contribution in [2.75, 3.05) is 14.2 Å². The van der Waals surface area contributed by atoms with E-state index in [9.17, 15) is 4.79 Å². The van der Waals surface area contributed by atoms with Crippen molar-refractivity contribution in [3.63, 3.8) is 0 Å². The molecule has 0 bridgehead atoms. The maximum atomic E-state index is 12.1. The molecule has 0 aliphatic rings. The average Bonchev–Trinajstić information content (AvgIpc) is 2.96. The highest BCUT2D eigenvalue weighted by Gasteiger charge is 2.25. The third-order valence-corrected chi connectivity index (χ3v) is 5.39. The number of hydrogen-bond donors (Lipinski definition) is 1. The summed E-state index contributed by atoms with van der Waals surface area (Å²) in [4.78, 5) is 16.7. The van der Waals surface area contributed by atoms with Gasteiger partial charge in [0, 0.05) is 3.57 Å². The molecule has 2 aromatic carbocycles. The Labute approximate surface area is 156 Å². The fraction of sp³-hybridized carbons (Fsp3) is 0.176. The van der Waals surface area contributed by atoms with Crippen LogP contribution >= 0.6 is 33.9 Å². The van der Waals surface area contributed by atoms with Crippen molar-refractivity contribution in [3.05, 3.63) is 50.5 Å². The molecule has 0 aliphatic heterocycles. The molecule has 0 fully saturated rings. The van der Waals surface area contributed by atoms with Crippen LogP contribution in [-0.2, 0) is 4.79 Å². The lowest BCUT2D eigenvalue weighted by atomic mass is 9.98. The fourth-order valence-electron chi connectivity index (χ4n) is 2.50.